The van der Waals surface area contributed by atoms with Crippen LogP contribution in [-0.2, 0) is 9.84 Å². The van der Waals surface area contributed by atoms with Crippen LogP contribution < -0.4 is 5.32 Å². The van der Waals surface area contributed by atoms with Crippen LogP contribution in [0.5, 0.6) is 0 Å². The van der Waals surface area contributed by atoms with Crippen LogP contribution >= 0.6 is 0 Å². The van der Waals surface area contributed by atoms with Gasteiger partial charge in [0.2, 0.25) is 0 Å². The molecule has 106 valence electrons. The lowest BCUT2D eigenvalue weighted by Gasteiger charge is -2.37. The summed E-state index contributed by atoms with van der Waals surface area (Å²) in [5.74, 6) is 0.753. The highest BCUT2D eigenvalue weighted by Crippen LogP contribution is 2.25. The Labute approximate surface area is 111 Å². The third kappa shape index (κ3) is 3.06. The average Bonchev–Trinajstić information content (AvgIpc) is 2.61. The number of sulfone groups is 1. The van der Waals surface area contributed by atoms with Crippen molar-refractivity contribution < 1.29 is 8.42 Å². The molecule has 2 aliphatic heterocycles. The van der Waals surface area contributed by atoms with E-state index in [1.807, 2.05) is 0 Å². The minimum atomic E-state index is -2.77. The molecule has 0 spiro atoms. The first kappa shape index (κ1) is 14.3. The van der Waals surface area contributed by atoms with E-state index in [4.69, 9.17) is 0 Å². The fourth-order valence-electron chi connectivity index (χ4n) is 3.26. The van der Waals surface area contributed by atoms with Gasteiger partial charge in [0.15, 0.2) is 9.84 Å². The van der Waals surface area contributed by atoms with Crippen molar-refractivity contribution in [1.29, 1.82) is 0 Å². The van der Waals surface area contributed by atoms with E-state index < -0.39 is 9.84 Å². The summed E-state index contributed by atoms with van der Waals surface area (Å²) in [6.45, 7) is 7.55. The Morgan fingerprint density at radius 2 is 2.06 bits per heavy atom. The summed E-state index contributed by atoms with van der Waals surface area (Å²) in [4.78, 5) is 2.43. The smallest absolute Gasteiger partial charge is 0.151 e. The largest absolute Gasteiger partial charge is 0.310 e. The van der Waals surface area contributed by atoms with Crippen molar-refractivity contribution in [3.63, 3.8) is 0 Å². The third-order valence-corrected chi connectivity index (χ3v) is 6.46. The first-order valence-electron chi connectivity index (χ1n) is 7.20. The van der Waals surface area contributed by atoms with E-state index in [1.165, 1.54) is 0 Å². The summed E-state index contributed by atoms with van der Waals surface area (Å²) >= 11 is 0. The van der Waals surface area contributed by atoms with Gasteiger partial charge >= 0.3 is 0 Å². The maximum atomic E-state index is 11.6. The molecule has 0 aromatic carbocycles. The van der Waals surface area contributed by atoms with Gasteiger partial charge in [0.25, 0.3) is 0 Å². The molecular formula is C13H26N2O2S. The fraction of sp³-hybridized carbons (Fsp3) is 1.00. The lowest BCUT2D eigenvalue weighted by molar-refractivity contribution is 0.159. The van der Waals surface area contributed by atoms with Gasteiger partial charge in [-0.2, -0.15) is 0 Å². The number of hydrogen-bond donors (Lipinski definition) is 1. The van der Waals surface area contributed by atoms with Gasteiger partial charge < -0.3 is 5.32 Å². The molecule has 0 radical (unpaired) electrons. The topological polar surface area (TPSA) is 49.4 Å². The quantitative estimate of drug-likeness (QED) is 0.835. The van der Waals surface area contributed by atoms with Crippen LogP contribution in [0, 0.1) is 0 Å². The maximum Gasteiger partial charge on any atom is 0.151 e. The molecule has 0 aliphatic carbocycles. The Bertz CT molecular complexity index is 376. The zero-order chi connectivity index (χ0) is 13.2. The molecule has 0 amide bonds. The summed E-state index contributed by atoms with van der Waals surface area (Å²) in [6.07, 6.45) is 4.17. The Morgan fingerprint density at radius 1 is 1.33 bits per heavy atom. The molecule has 0 saturated carbocycles. The van der Waals surface area contributed by atoms with Crippen LogP contribution in [0.1, 0.15) is 39.5 Å². The van der Waals surface area contributed by atoms with Gasteiger partial charge in [0.05, 0.1) is 11.5 Å². The zero-order valence-corrected chi connectivity index (χ0v) is 12.4. The van der Waals surface area contributed by atoms with E-state index in [0.717, 1.165) is 45.3 Å². The Balaban J connectivity index is 2.08. The van der Waals surface area contributed by atoms with Crippen molar-refractivity contribution in [1.82, 2.24) is 10.2 Å². The average molecular weight is 274 g/mol. The first-order valence-corrected chi connectivity index (χ1v) is 9.02. The van der Waals surface area contributed by atoms with Gasteiger partial charge in [0.1, 0.15) is 0 Å². The number of nitrogens with zero attached hydrogens (tertiary/aromatic N) is 1. The second-order valence-corrected chi connectivity index (χ2v) is 8.02. The highest BCUT2D eigenvalue weighted by atomic mass is 32.2. The molecule has 2 aliphatic rings. The minimum Gasteiger partial charge on any atom is -0.310 e. The number of nitrogens with one attached hydrogen (secondary N) is 1. The summed E-state index contributed by atoms with van der Waals surface area (Å²) in [5.41, 5.74) is 0.183. The summed E-state index contributed by atoms with van der Waals surface area (Å²) in [6, 6.07) is 0.257. The van der Waals surface area contributed by atoms with E-state index in [1.54, 1.807) is 0 Å². The molecule has 0 aromatic rings. The molecule has 1 unspecified atom stereocenters. The molecule has 0 bridgehead atoms. The Morgan fingerprint density at radius 3 is 2.61 bits per heavy atom. The molecule has 5 heteroatoms. The van der Waals surface area contributed by atoms with Crippen LogP contribution in [-0.4, -0.2) is 56.0 Å². The van der Waals surface area contributed by atoms with Crippen molar-refractivity contribution in [3.05, 3.63) is 0 Å². The summed E-state index contributed by atoms with van der Waals surface area (Å²) in [7, 11) is -2.77. The fourth-order valence-corrected chi connectivity index (χ4v) is 5.02. The van der Waals surface area contributed by atoms with Gasteiger partial charge in [-0.15, -0.1) is 0 Å². The van der Waals surface area contributed by atoms with Crippen LogP contribution in [0.15, 0.2) is 0 Å². The molecule has 2 saturated heterocycles. The maximum absolute atomic E-state index is 11.6. The van der Waals surface area contributed by atoms with Crippen molar-refractivity contribution in [2.45, 2.75) is 51.1 Å². The third-order valence-electron chi connectivity index (χ3n) is 4.71. The van der Waals surface area contributed by atoms with E-state index in [-0.39, 0.29) is 11.6 Å². The van der Waals surface area contributed by atoms with Crippen LogP contribution in [0.3, 0.4) is 0 Å². The second kappa shape index (κ2) is 5.47. The van der Waals surface area contributed by atoms with E-state index in [9.17, 15) is 8.42 Å². The van der Waals surface area contributed by atoms with Crippen molar-refractivity contribution in [2.24, 2.45) is 0 Å². The number of hydrogen-bond acceptors (Lipinski definition) is 4. The van der Waals surface area contributed by atoms with E-state index in [0.29, 0.717) is 11.5 Å². The monoisotopic (exact) mass is 274 g/mol. The Kier molecular flexibility index (Phi) is 4.34. The SMILES string of the molecule is CCC1(CC)CN(C2CCS(=O)(=O)C2)CCCN1. The minimum absolute atomic E-state index is 0.183. The standard InChI is InChI=1S/C13H26N2O2S/c1-3-13(4-2)11-15(8-5-7-14-13)12-6-9-18(16,17)10-12/h12,14H,3-11H2,1-2H3. The van der Waals surface area contributed by atoms with Gasteiger partial charge in [-0.05, 0) is 38.8 Å². The molecule has 2 heterocycles. The summed E-state index contributed by atoms with van der Waals surface area (Å²) < 4.78 is 23.3. The van der Waals surface area contributed by atoms with Gasteiger partial charge in [-0.1, -0.05) is 13.8 Å². The first-order chi connectivity index (χ1) is 8.50. The lowest BCUT2D eigenvalue weighted by atomic mass is 9.92. The van der Waals surface area contributed by atoms with Crippen LogP contribution in [0.4, 0.5) is 0 Å². The highest BCUT2D eigenvalue weighted by Gasteiger charge is 2.37. The molecule has 2 rings (SSSR count). The predicted octanol–water partition coefficient (Wildman–Crippen LogP) is 1.03. The van der Waals surface area contributed by atoms with Crippen molar-refractivity contribution in [2.75, 3.05) is 31.1 Å². The zero-order valence-electron chi connectivity index (χ0n) is 11.6. The van der Waals surface area contributed by atoms with Gasteiger partial charge in [0, 0.05) is 18.1 Å². The molecule has 1 atom stereocenters. The summed E-state index contributed by atoms with van der Waals surface area (Å²) in [5, 5.41) is 3.68. The van der Waals surface area contributed by atoms with E-state index >= 15 is 0 Å². The Hall–Kier alpha value is -0.130. The normalized spacial score (nSPS) is 32.2. The van der Waals surface area contributed by atoms with Gasteiger partial charge in [-0.25, -0.2) is 8.42 Å². The van der Waals surface area contributed by atoms with Crippen molar-refractivity contribution in [3.8, 4) is 0 Å². The molecular weight excluding hydrogens is 248 g/mol. The molecule has 0 aromatic heterocycles. The van der Waals surface area contributed by atoms with Crippen molar-refractivity contribution >= 4 is 9.84 Å². The lowest BCUT2D eigenvalue weighted by Crippen LogP contribution is -2.52. The molecule has 4 nitrogen and oxygen atoms in total. The molecule has 1 N–H and O–H groups in total. The number of rotatable bonds is 3. The van der Waals surface area contributed by atoms with Crippen LogP contribution in [0.2, 0.25) is 0 Å². The second-order valence-electron chi connectivity index (χ2n) is 5.80. The predicted molar refractivity (Wildman–Crippen MR) is 74.6 cm³/mol. The van der Waals surface area contributed by atoms with Crippen LogP contribution in [0.25, 0.3) is 0 Å². The molecule has 2 fully saturated rings. The highest BCUT2D eigenvalue weighted by molar-refractivity contribution is 7.91. The van der Waals surface area contributed by atoms with Gasteiger partial charge in [-0.3, -0.25) is 4.90 Å². The van der Waals surface area contributed by atoms with E-state index in [2.05, 4.69) is 24.1 Å². The molecule has 18 heavy (non-hydrogen) atoms.